The van der Waals surface area contributed by atoms with Crippen molar-refractivity contribution < 1.29 is 9.13 Å². The maximum Gasteiger partial charge on any atom is 0.147 e. The standard InChI is InChI=1S/C15H20BrClFNO/c1-3-8-19-15(12-7-4-9(2)20-12)10-5-6-11(16)13(17)14(10)18/h5-6,9,12,15,19H,3-4,7-8H2,1-2H3. The highest BCUT2D eigenvalue weighted by molar-refractivity contribution is 9.10. The smallest absolute Gasteiger partial charge is 0.147 e. The van der Waals surface area contributed by atoms with Gasteiger partial charge >= 0.3 is 0 Å². The van der Waals surface area contributed by atoms with E-state index in [1.54, 1.807) is 12.1 Å². The molecule has 5 heteroatoms. The van der Waals surface area contributed by atoms with E-state index in [2.05, 4.69) is 35.1 Å². The van der Waals surface area contributed by atoms with Crippen molar-refractivity contribution in [2.24, 2.45) is 0 Å². The first-order valence-electron chi connectivity index (χ1n) is 7.06. The molecule has 1 N–H and O–H groups in total. The zero-order valence-electron chi connectivity index (χ0n) is 11.8. The first-order chi connectivity index (χ1) is 9.54. The van der Waals surface area contributed by atoms with Crippen LogP contribution in [0, 0.1) is 5.82 Å². The van der Waals surface area contributed by atoms with Crippen LogP contribution in [0.4, 0.5) is 4.39 Å². The van der Waals surface area contributed by atoms with Crippen LogP contribution < -0.4 is 5.32 Å². The van der Waals surface area contributed by atoms with Gasteiger partial charge in [0.1, 0.15) is 5.82 Å². The molecule has 1 aromatic carbocycles. The summed E-state index contributed by atoms with van der Waals surface area (Å²) in [6.45, 7) is 4.97. The maximum absolute atomic E-state index is 14.4. The lowest BCUT2D eigenvalue weighted by molar-refractivity contribution is 0.0308. The number of hydrogen-bond donors (Lipinski definition) is 1. The van der Waals surface area contributed by atoms with Crippen molar-refractivity contribution in [3.63, 3.8) is 0 Å². The summed E-state index contributed by atoms with van der Waals surface area (Å²) in [5, 5.41) is 3.53. The van der Waals surface area contributed by atoms with Crippen LogP contribution in [0.5, 0.6) is 0 Å². The molecule has 1 saturated heterocycles. The van der Waals surface area contributed by atoms with Crippen molar-refractivity contribution in [3.8, 4) is 0 Å². The zero-order chi connectivity index (χ0) is 14.7. The van der Waals surface area contributed by atoms with Gasteiger partial charge in [0.25, 0.3) is 0 Å². The number of benzene rings is 1. The molecule has 2 nitrogen and oxygen atoms in total. The summed E-state index contributed by atoms with van der Waals surface area (Å²) in [4.78, 5) is 0. The van der Waals surface area contributed by atoms with E-state index in [-0.39, 0.29) is 29.1 Å². The lowest BCUT2D eigenvalue weighted by atomic mass is 9.98. The normalized spacial score (nSPS) is 24.1. The van der Waals surface area contributed by atoms with Gasteiger partial charge in [-0.3, -0.25) is 0 Å². The van der Waals surface area contributed by atoms with Crippen molar-refractivity contribution in [2.45, 2.75) is 51.4 Å². The minimum absolute atomic E-state index is 0.00305. The van der Waals surface area contributed by atoms with Gasteiger partial charge in [-0.1, -0.05) is 24.6 Å². The second kappa shape index (κ2) is 7.21. The molecule has 0 saturated carbocycles. The van der Waals surface area contributed by atoms with Crippen molar-refractivity contribution in [1.82, 2.24) is 5.32 Å². The fourth-order valence-corrected chi connectivity index (χ4v) is 3.08. The van der Waals surface area contributed by atoms with E-state index < -0.39 is 0 Å². The number of nitrogens with one attached hydrogen (secondary N) is 1. The van der Waals surface area contributed by atoms with Gasteiger partial charge in [0.15, 0.2) is 0 Å². The average Bonchev–Trinajstić information content (AvgIpc) is 2.85. The summed E-state index contributed by atoms with van der Waals surface area (Å²) in [5.74, 6) is -0.363. The van der Waals surface area contributed by atoms with Crippen LogP contribution in [-0.2, 0) is 4.74 Å². The van der Waals surface area contributed by atoms with E-state index >= 15 is 0 Å². The summed E-state index contributed by atoms with van der Waals surface area (Å²) in [5.41, 5.74) is 0.589. The molecular weight excluding hydrogens is 345 g/mol. The largest absolute Gasteiger partial charge is 0.373 e. The summed E-state index contributed by atoms with van der Waals surface area (Å²) in [6.07, 6.45) is 3.18. The van der Waals surface area contributed by atoms with E-state index in [9.17, 15) is 4.39 Å². The van der Waals surface area contributed by atoms with E-state index in [1.807, 2.05) is 0 Å². The molecule has 0 bridgehead atoms. The molecule has 20 heavy (non-hydrogen) atoms. The van der Waals surface area contributed by atoms with Gasteiger partial charge in [-0.05, 0) is 54.7 Å². The highest BCUT2D eigenvalue weighted by Crippen LogP contribution is 2.35. The van der Waals surface area contributed by atoms with Gasteiger partial charge in [-0.25, -0.2) is 4.39 Å². The molecular formula is C15H20BrClFNO. The molecule has 0 spiro atoms. The van der Waals surface area contributed by atoms with Gasteiger partial charge in [-0.15, -0.1) is 0 Å². The average molecular weight is 365 g/mol. The lowest BCUT2D eigenvalue weighted by Gasteiger charge is -2.26. The Morgan fingerprint density at radius 3 is 2.85 bits per heavy atom. The number of ether oxygens (including phenoxy) is 1. The molecule has 0 amide bonds. The third-order valence-corrected chi connectivity index (χ3v) is 4.91. The SMILES string of the molecule is CCCNC(c1ccc(Br)c(Cl)c1F)C1CCC(C)O1. The Bertz CT molecular complexity index is 471. The molecule has 0 aliphatic carbocycles. The Balaban J connectivity index is 2.28. The maximum atomic E-state index is 14.4. The number of halogens is 3. The van der Waals surface area contributed by atoms with E-state index in [0.29, 0.717) is 10.0 Å². The third-order valence-electron chi connectivity index (χ3n) is 3.65. The number of hydrogen-bond acceptors (Lipinski definition) is 2. The molecule has 3 atom stereocenters. The van der Waals surface area contributed by atoms with E-state index in [1.165, 1.54) is 0 Å². The summed E-state index contributed by atoms with van der Waals surface area (Å²) in [7, 11) is 0. The van der Waals surface area contributed by atoms with Crippen molar-refractivity contribution in [2.75, 3.05) is 6.54 Å². The second-order valence-corrected chi connectivity index (χ2v) is 6.49. The van der Waals surface area contributed by atoms with Crippen LogP contribution in [-0.4, -0.2) is 18.8 Å². The van der Waals surface area contributed by atoms with Gasteiger partial charge in [0.2, 0.25) is 0 Å². The fourth-order valence-electron chi connectivity index (χ4n) is 2.60. The minimum Gasteiger partial charge on any atom is -0.373 e. The predicted molar refractivity (Wildman–Crippen MR) is 83.7 cm³/mol. The zero-order valence-corrected chi connectivity index (χ0v) is 14.1. The first-order valence-corrected chi connectivity index (χ1v) is 8.24. The van der Waals surface area contributed by atoms with Crippen LogP contribution in [0.15, 0.2) is 16.6 Å². The quantitative estimate of drug-likeness (QED) is 0.754. The van der Waals surface area contributed by atoms with Crippen molar-refractivity contribution in [1.29, 1.82) is 0 Å². The Hall–Kier alpha value is -0.160. The highest BCUT2D eigenvalue weighted by atomic mass is 79.9. The van der Waals surface area contributed by atoms with E-state index in [4.69, 9.17) is 16.3 Å². The van der Waals surface area contributed by atoms with Crippen LogP contribution in [0.25, 0.3) is 0 Å². The molecule has 1 fully saturated rings. The van der Waals surface area contributed by atoms with Crippen molar-refractivity contribution in [3.05, 3.63) is 33.0 Å². The van der Waals surface area contributed by atoms with Crippen LogP contribution in [0.1, 0.15) is 44.7 Å². The molecule has 112 valence electrons. The van der Waals surface area contributed by atoms with E-state index in [0.717, 1.165) is 25.8 Å². The van der Waals surface area contributed by atoms with Gasteiger partial charge in [0.05, 0.1) is 23.3 Å². The van der Waals surface area contributed by atoms with Crippen LogP contribution in [0.2, 0.25) is 5.02 Å². The predicted octanol–water partition coefficient (Wildman–Crippen LogP) is 4.85. The molecule has 1 aliphatic heterocycles. The molecule has 0 aromatic heterocycles. The minimum atomic E-state index is -0.363. The Labute approximate surface area is 133 Å². The van der Waals surface area contributed by atoms with Gasteiger partial charge in [0, 0.05) is 10.0 Å². The third kappa shape index (κ3) is 3.53. The highest BCUT2D eigenvalue weighted by Gasteiger charge is 2.32. The topological polar surface area (TPSA) is 21.3 Å². The molecule has 2 rings (SSSR count). The van der Waals surface area contributed by atoms with Crippen molar-refractivity contribution >= 4 is 27.5 Å². The molecule has 1 aliphatic rings. The second-order valence-electron chi connectivity index (χ2n) is 5.26. The monoisotopic (exact) mass is 363 g/mol. The fraction of sp³-hybridized carbons (Fsp3) is 0.600. The Morgan fingerprint density at radius 1 is 1.50 bits per heavy atom. The molecule has 0 radical (unpaired) electrons. The number of rotatable bonds is 5. The van der Waals surface area contributed by atoms with Gasteiger partial charge < -0.3 is 10.1 Å². The Kier molecular flexibility index (Phi) is 5.84. The Morgan fingerprint density at radius 2 is 2.25 bits per heavy atom. The summed E-state index contributed by atoms with van der Waals surface area (Å²) in [6, 6.07) is 3.43. The summed E-state index contributed by atoms with van der Waals surface area (Å²) >= 11 is 9.26. The van der Waals surface area contributed by atoms with Crippen LogP contribution >= 0.6 is 27.5 Å². The molecule has 1 heterocycles. The molecule has 1 aromatic rings. The molecule has 3 unspecified atom stereocenters. The first kappa shape index (κ1) is 16.2. The summed E-state index contributed by atoms with van der Waals surface area (Å²) < 4.78 is 20.9. The van der Waals surface area contributed by atoms with Crippen LogP contribution in [0.3, 0.4) is 0 Å². The lowest BCUT2D eigenvalue weighted by Crippen LogP contribution is -2.33. The van der Waals surface area contributed by atoms with Gasteiger partial charge in [-0.2, -0.15) is 0 Å².